The third-order valence-corrected chi connectivity index (χ3v) is 5.41. The van der Waals surface area contributed by atoms with E-state index in [2.05, 4.69) is 39.7 Å². The summed E-state index contributed by atoms with van der Waals surface area (Å²) in [5, 5.41) is 22.6. The first kappa shape index (κ1) is 17.1. The molecule has 0 radical (unpaired) electrons. The summed E-state index contributed by atoms with van der Waals surface area (Å²) in [5.41, 5.74) is 3.16. The van der Waals surface area contributed by atoms with Gasteiger partial charge in [-0.15, -0.1) is 0 Å². The van der Waals surface area contributed by atoms with Crippen LogP contribution in [-0.4, -0.2) is 37.8 Å². The quantitative estimate of drug-likeness (QED) is 0.498. The van der Waals surface area contributed by atoms with Crippen molar-refractivity contribution in [1.29, 1.82) is 5.26 Å². The van der Waals surface area contributed by atoms with Gasteiger partial charge in [-0.05, 0) is 50.5 Å². The number of nitrogens with one attached hydrogen (secondary N) is 5. The van der Waals surface area contributed by atoms with E-state index in [1.54, 1.807) is 0 Å². The van der Waals surface area contributed by atoms with E-state index in [0.29, 0.717) is 18.8 Å². The van der Waals surface area contributed by atoms with Crippen LogP contribution in [0.4, 0.5) is 0 Å². The van der Waals surface area contributed by atoms with E-state index < -0.39 is 0 Å². The van der Waals surface area contributed by atoms with Crippen LogP contribution in [0.1, 0.15) is 45.4 Å². The number of hydrogen-bond donors (Lipinski definition) is 5. The molecule has 4 atom stereocenters. The summed E-state index contributed by atoms with van der Waals surface area (Å²) in [6, 6.07) is 2.27. The highest BCUT2D eigenvalue weighted by Crippen LogP contribution is 2.31. The minimum atomic E-state index is -0.0319. The van der Waals surface area contributed by atoms with Crippen LogP contribution < -0.4 is 26.7 Å². The summed E-state index contributed by atoms with van der Waals surface area (Å²) < 4.78 is 0. The fourth-order valence-corrected chi connectivity index (χ4v) is 3.85. The van der Waals surface area contributed by atoms with Gasteiger partial charge in [-0.1, -0.05) is 6.92 Å². The molecule has 23 heavy (non-hydrogen) atoms. The lowest BCUT2D eigenvalue weighted by Crippen LogP contribution is -2.56. The summed E-state index contributed by atoms with van der Waals surface area (Å²) in [6.07, 6.45) is 7.59. The normalized spacial score (nSPS) is 41.6. The Balaban J connectivity index is 1.34. The van der Waals surface area contributed by atoms with E-state index >= 15 is 0 Å². The molecule has 0 amide bonds. The molecule has 2 heterocycles. The van der Waals surface area contributed by atoms with Gasteiger partial charge in [-0.25, -0.2) is 0 Å². The molecule has 130 valence electrons. The molecular weight excluding hydrogens is 292 g/mol. The predicted molar refractivity (Wildman–Crippen MR) is 87.6 cm³/mol. The van der Waals surface area contributed by atoms with E-state index in [-0.39, 0.29) is 18.4 Å². The maximum Gasteiger partial charge on any atom is 0.130 e. The number of rotatable bonds is 5. The third kappa shape index (κ3) is 4.63. The zero-order valence-corrected chi connectivity index (χ0v) is 14.0. The molecule has 0 spiro atoms. The van der Waals surface area contributed by atoms with Crippen molar-refractivity contribution in [3.8, 4) is 6.07 Å². The number of nitrogens with zero attached hydrogens (tertiary/aromatic N) is 1. The van der Waals surface area contributed by atoms with Crippen molar-refractivity contribution in [3.63, 3.8) is 0 Å². The van der Waals surface area contributed by atoms with Crippen molar-refractivity contribution >= 4 is 0 Å². The van der Waals surface area contributed by atoms with Crippen molar-refractivity contribution in [2.24, 2.45) is 11.8 Å². The Morgan fingerprint density at radius 3 is 2.74 bits per heavy atom. The summed E-state index contributed by atoms with van der Waals surface area (Å²) in [5.74, 6) is 1.41. The average Bonchev–Trinajstić information content (AvgIpc) is 3.10. The van der Waals surface area contributed by atoms with Gasteiger partial charge < -0.3 is 5.32 Å². The minimum Gasteiger partial charge on any atom is -0.302 e. The number of hydrogen-bond acceptors (Lipinski definition) is 7. The lowest BCUT2D eigenvalue weighted by molar-refractivity contribution is 0.0143. The van der Waals surface area contributed by atoms with E-state index in [0.717, 1.165) is 25.3 Å². The molecule has 3 rings (SSSR count). The SMILES string of the molecule is CCC1NC(C2CCC(CNC3CC(C#N)NCN3)CC2)NO1. The zero-order chi connectivity index (χ0) is 16.1. The monoisotopic (exact) mass is 322 g/mol. The largest absolute Gasteiger partial charge is 0.302 e. The first-order valence-corrected chi connectivity index (χ1v) is 9.05. The van der Waals surface area contributed by atoms with Crippen LogP contribution in [0.3, 0.4) is 0 Å². The summed E-state index contributed by atoms with van der Waals surface area (Å²) in [4.78, 5) is 5.53. The number of nitriles is 1. The molecule has 2 saturated heterocycles. The highest BCUT2D eigenvalue weighted by atomic mass is 16.7. The highest BCUT2D eigenvalue weighted by molar-refractivity contribution is 4.95. The maximum atomic E-state index is 9.01. The minimum absolute atomic E-state index is 0.0319. The van der Waals surface area contributed by atoms with Gasteiger partial charge in [-0.2, -0.15) is 10.7 Å². The summed E-state index contributed by atoms with van der Waals surface area (Å²) >= 11 is 0. The van der Waals surface area contributed by atoms with E-state index in [1.165, 1.54) is 25.7 Å². The van der Waals surface area contributed by atoms with Crippen molar-refractivity contribution in [2.45, 2.75) is 70.0 Å². The van der Waals surface area contributed by atoms with Crippen LogP contribution in [0.2, 0.25) is 0 Å². The van der Waals surface area contributed by atoms with Crippen LogP contribution in [0.25, 0.3) is 0 Å². The van der Waals surface area contributed by atoms with Crippen molar-refractivity contribution in [3.05, 3.63) is 0 Å². The lowest BCUT2D eigenvalue weighted by Gasteiger charge is -2.34. The van der Waals surface area contributed by atoms with E-state index in [1.807, 2.05) is 0 Å². The average molecular weight is 322 g/mol. The molecule has 5 N–H and O–H groups in total. The molecule has 4 unspecified atom stereocenters. The fraction of sp³-hybridized carbons (Fsp3) is 0.938. The van der Waals surface area contributed by atoms with Gasteiger partial charge in [0.2, 0.25) is 0 Å². The topological polar surface area (TPSA) is 93.2 Å². The third-order valence-electron chi connectivity index (χ3n) is 5.41. The van der Waals surface area contributed by atoms with Crippen LogP contribution in [0.5, 0.6) is 0 Å². The van der Waals surface area contributed by atoms with Gasteiger partial charge in [0.25, 0.3) is 0 Å². The van der Waals surface area contributed by atoms with Crippen LogP contribution in [0.15, 0.2) is 0 Å². The lowest BCUT2D eigenvalue weighted by atomic mass is 9.80. The molecule has 3 aliphatic rings. The summed E-state index contributed by atoms with van der Waals surface area (Å²) in [6.45, 7) is 3.89. The summed E-state index contributed by atoms with van der Waals surface area (Å²) in [7, 11) is 0. The first-order chi connectivity index (χ1) is 11.3. The maximum absolute atomic E-state index is 9.01. The molecule has 1 aliphatic carbocycles. The van der Waals surface area contributed by atoms with Crippen molar-refractivity contribution in [1.82, 2.24) is 26.7 Å². The first-order valence-electron chi connectivity index (χ1n) is 9.05. The second-order valence-electron chi connectivity index (χ2n) is 7.02. The Kier molecular flexibility index (Phi) is 6.22. The molecule has 7 heteroatoms. The van der Waals surface area contributed by atoms with E-state index in [4.69, 9.17) is 10.1 Å². The zero-order valence-electron chi connectivity index (χ0n) is 14.0. The second kappa shape index (κ2) is 8.38. The van der Waals surface area contributed by atoms with Gasteiger partial charge in [-0.3, -0.25) is 20.8 Å². The van der Waals surface area contributed by atoms with Gasteiger partial charge in [0, 0.05) is 13.1 Å². The molecule has 1 saturated carbocycles. The van der Waals surface area contributed by atoms with E-state index in [9.17, 15) is 0 Å². The molecule has 0 bridgehead atoms. The van der Waals surface area contributed by atoms with Gasteiger partial charge in [0.15, 0.2) is 0 Å². The Morgan fingerprint density at radius 1 is 1.22 bits per heavy atom. The fourth-order valence-electron chi connectivity index (χ4n) is 3.85. The second-order valence-corrected chi connectivity index (χ2v) is 7.02. The Bertz CT molecular complexity index is 406. The van der Waals surface area contributed by atoms with Crippen LogP contribution >= 0.6 is 0 Å². The van der Waals surface area contributed by atoms with Crippen molar-refractivity contribution < 1.29 is 4.84 Å². The molecule has 2 aliphatic heterocycles. The smallest absolute Gasteiger partial charge is 0.130 e. The molecule has 3 fully saturated rings. The Hall–Kier alpha value is -0.750. The standard InChI is InChI=1S/C16H30N6O/c1-2-15-21-16(22-23-15)12-5-3-11(4-6-12)9-18-14-7-13(8-17)19-10-20-14/h11-16,18-22H,2-7,9-10H2,1H3. The molecule has 0 aromatic carbocycles. The Labute approximate surface area is 138 Å². The molecular formula is C16H30N6O. The molecule has 0 aromatic rings. The van der Waals surface area contributed by atoms with Gasteiger partial charge in [0.1, 0.15) is 6.23 Å². The van der Waals surface area contributed by atoms with Gasteiger partial charge >= 0.3 is 0 Å². The van der Waals surface area contributed by atoms with Crippen LogP contribution in [-0.2, 0) is 4.84 Å². The molecule has 0 aromatic heterocycles. The number of hydroxylamine groups is 1. The van der Waals surface area contributed by atoms with Crippen LogP contribution in [0, 0.1) is 23.2 Å². The highest BCUT2D eigenvalue weighted by Gasteiger charge is 2.33. The molecule has 7 nitrogen and oxygen atoms in total. The van der Waals surface area contributed by atoms with Crippen molar-refractivity contribution in [2.75, 3.05) is 13.2 Å². The van der Waals surface area contributed by atoms with Gasteiger partial charge in [0.05, 0.1) is 24.4 Å². The predicted octanol–water partition coefficient (Wildman–Crippen LogP) is 0.328. The Morgan fingerprint density at radius 2 is 2.04 bits per heavy atom.